The van der Waals surface area contributed by atoms with Crippen LogP contribution in [0.2, 0.25) is 5.02 Å². The van der Waals surface area contributed by atoms with Gasteiger partial charge in [-0.05, 0) is 31.0 Å². The fourth-order valence-corrected chi connectivity index (χ4v) is 2.78. The molecule has 0 spiro atoms. The molecule has 0 fully saturated rings. The standard InChI is InChI=1S/C13H18ClN3O/c1-9-6-10(14)13-11(7-9)17(12(18)8-15)5-3-4-16(13)2/h6-7H,3-5,8,15H2,1-2H3. The van der Waals surface area contributed by atoms with Crippen molar-refractivity contribution in [2.24, 2.45) is 5.73 Å². The molecular formula is C13H18ClN3O. The van der Waals surface area contributed by atoms with Crippen molar-refractivity contribution in [3.63, 3.8) is 0 Å². The van der Waals surface area contributed by atoms with E-state index in [-0.39, 0.29) is 12.5 Å². The van der Waals surface area contributed by atoms with Gasteiger partial charge in [0.25, 0.3) is 0 Å². The van der Waals surface area contributed by atoms with E-state index in [0.29, 0.717) is 11.6 Å². The van der Waals surface area contributed by atoms with Gasteiger partial charge in [0.2, 0.25) is 5.91 Å². The number of benzene rings is 1. The molecule has 0 aliphatic carbocycles. The molecule has 18 heavy (non-hydrogen) atoms. The van der Waals surface area contributed by atoms with E-state index in [4.69, 9.17) is 17.3 Å². The Kier molecular flexibility index (Phi) is 3.78. The highest BCUT2D eigenvalue weighted by atomic mass is 35.5. The van der Waals surface area contributed by atoms with Gasteiger partial charge in [-0.1, -0.05) is 11.6 Å². The molecule has 0 radical (unpaired) electrons. The number of aryl methyl sites for hydroxylation is 1. The van der Waals surface area contributed by atoms with E-state index in [1.165, 1.54) is 0 Å². The van der Waals surface area contributed by atoms with Gasteiger partial charge in [-0.3, -0.25) is 4.79 Å². The second-order valence-electron chi connectivity index (χ2n) is 4.64. The number of nitrogens with zero attached hydrogens (tertiary/aromatic N) is 2. The molecule has 1 aromatic carbocycles. The Balaban J connectivity index is 2.57. The van der Waals surface area contributed by atoms with E-state index in [1.807, 2.05) is 26.1 Å². The molecule has 0 aromatic heterocycles. The first-order chi connectivity index (χ1) is 8.54. The Morgan fingerprint density at radius 1 is 1.44 bits per heavy atom. The van der Waals surface area contributed by atoms with E-state index in [9.17, 15) is 4.79 Å². The van der Waals surface area contributed by atoms with Crippen LogP contribution in [0, 0.1) is 6.92 Å². The van der Waals surface area contributed by atoms with E-state index < -0.39 is 0 Å². The molecule has 0 atom stereocenters. The van der Waals surface area contributed by atoms with Crippen LogP contribution in [0.25, 0.3) is 0 Å². The Labute approximate surface area is 112 Å². The summed E-state index contributed by atoms with van der Waals surface area (Å²) in [5, 5.41) is 0.684. The van der Waals surface area contributed by atoms with Crippen molar-refractivity contribution in [1.29, 1.82) is 0 Å². The molecule has 0 bridgehead atoms. The van der Waals surface area contributed by atoms with Crippen LogP contribution < -0.4 is 15.5 Å². The number of anilines is 2. The maximum Gasteiger partial charge on any atom is 0.240 e. The monoisotopic (exact) mass is 267 g/mol. The van der Waals surface area contributed by atoms with Crippen LogP contribution in [0.3, 0.4) is 0 Å². The van der Waals surface area contributed by atoms with Gasteiger partial charge >= 0.3 is 0 Å². The molecule has 0 saturated carbocycles. The lowest BCUT2D eigenvalue weighted by Gasteiger charge is -2.25. The van der Waals surface area contributed by atoms with Gasteiger partial charge in [0.05, 0.1) is 22.9 Å². The third-order valence-corrected chi connectivity index (χ3v) is 3.50. The van der Waals surface area contributed by atoms with Crippen molar-refractivity contribution in [2.45, 2.75) is 13.3 Å². The maximum absolute atomic E-state index is 12.0. The van der Waals surface area contributed by atoms with Crippen molar-refractivity contribution < 1.29 is 4.79 Å². The lowest BCUT2D eigenvalue weighted by Crippen LogP contribution is -2.36. The van der Waals surface area contributed by atoms with Crippen molar-refractivity contribution in [3.8, 4) is 0 Å². The summed E-state index contributed by atoms with van der Waals surface area (Å²) in [4.78, 5) is 15.8. The highest BCUT2D eigenvalue weighted by Gasteiger charge is 2.24. The number of rotatable bonds is 1. The van der Waals surface area contributed by atoms with Crippen LogP contribution in [0.1, 0.15) is 12.0 Å². The summed E-state index contributed by atoms with van der Waals surface area (Å²) in [6, 6.07) is 3.92. The first-order valence-corrected chi connectivity index (χ1v) is 6.44. The van der Waals surface area contributed by atoms with Crippen LogP contribution in [-0.2, 0) is 4.79 Å². The molecule has 2 N–H and O–H groups in total. The summed E-state index contributed by atoms with van der Waals surface area (Å²) in [7, 11) is 2.00. The molecule has 0 unspecified atom stereocenters. The molecular weight excluding hydrogens is 250 g/mol. The average Bonchev–Trinajstić information content (AvgIpc) is 2.47. The van der Waals surface area contributed by atoms with Crippen molar-refractivity contribution in [2.75, 3.05) is 36.5 Å². The summed E-state index contributed by atoms with van der Waals surface area (Å²) >= 11 is 6.32. The topological polar surface area (TPSA) is 49.6 Å². The zero-order valence-electron chi connectivity index (χ0n) is 10.7. The summed E-state index contributed by atoms with van der Waals surface area (Å²) in [5.41, 5.74) is 8.32. The Morgan fingerprint density at radius 2 is 2.17 bits per heavy atom. The van der Waals surface area contributed by atoms with Gasteiger partial charge in [-0.25, -0.2) is 0 Å². The lowest BCUT2D eigenvalue weighted by molar-refractivity contribution is -0.117. The van der Waals surface area contributed by atoms with Crippen LogP contribution in [0.4, 0.5) is 11.4 Å². The predicted molar refractivity (Wildman–Crippen MR) is 75.5 cm³/mol. The Morgan fingerprint density at radius 3 is 2.83 bits per heavy atom. The summed E-state index contributed by atoms with van der Waals surface area (Å²) in [6.07, 6.45) is 0.909. The number of amides is 1. The van der Waals surface area contributed by atoms with Gasteiger partial charge in [0.15, 0.2) is 0 Å². The van der Waals surface area contributed by atoms with Gasteiger partial charge in [-0.2, -0.15) is 0 Å². The Hall–Kier alpha value is -1.26. The fourth-order valence-electron chi connectivity index (χ4n) is 2.37. The van der Waals surface area contributed by atoms with Crippen molar-refractivity contribution in [1.82, 2.24) is 0 Å². The second-order valence-corrected chi connectivity index (χ2v) is 5.05. The molecule has 98 valence electrons. The normalized spacial score (nSPS) is 15.3. The number of carbonyl (C=O) groups excluding carboxylic acids is 1. The molecule has 1 heterocycles. The highest BCUT2D eigenvalue weighted by molar-refractivity contribution is 6.34. The SMILES string of the molecule is Cc1cc(Cl)c2c(c1)N(C(=O)CN)CCCN2C. The molecule has 2 rings (SSSR count). The first-order valence-electron chi connectivity index (χ1n) is 6.06. The number of hydrogen-bond acceptors (Lipinski definition) is 3. The largest absolute Gasteiger partial charge is 0.372 e. The number of carbonyl (C=O) groups is 1. The lowest BCUT2D eigenvalue weighted by atomic mass is 10.1. The number of fused-ring (bicyclic) bond motifs is 1. The minimum Gasteiger partial charge on any atom is -0.372 e. The average molecular weight is 268 g/mol. The molecule has 1 aliphatic heterocycles. The Bertz CT molecular complexity index is 476. The first kappa shape index (κ1) is 13.2. The van der Waals surface area contributed by atoms with E-state index in [1.54, 1.807) is 4.90 Å². The highest BCUT2D eigenvalue weighted by Crippen LogP contribution is 2.38. The van der Waals surface area contributed by atoms with E-state index in [0.717, 1.165) is 29.9 Å². The molecule has 5 heteroatoms. The minimum atomic E-state index is -0.0618. The zero-order valence-corrected chi connectivity index (χ0v) is 11.5. The minimum absolute atomic E-state index is 0.0225. The van der Waals surface area contributed by atoms with Crippen LogP contribution >= 0.6 is 11.6 Å². The molecule has 1 aromatic rings. The quantitative estimate of drug-likeness (QED) is 0.844. The smallest absolute Gasteiger partial charge is 0.240 e. The second kappa shape index (κ2) is 5.16. The molecule has 0 saturated heterocycles. The number of halogens is 1. The van der Waals surface area contributed by atoms with E-state index >= 15 is 0 Å². The summed E-state index contributed by atoms with van der Waals surface area (Å²) < 4.78 is 0. The van der Waals surface area contributed by atoms with Gasteiger partial charge in [-0.15, -0.1) is 0 Å². The molecule has 1 amide bonds. The molecule has 4 nitrogen and oxygen atoms in total. The van der Waals surface area contributed by atoms with Crippen molar-refractivity contribution >= 4 is 28.9 Å². The van der Waals surface area contributed by atoms with Crippen molar-refractivity contribution in [3.05, 3.63) is 22.7 Å². The summed E-state index contributed by atoms with van der Waals surface area (Å²) in [6.45, 7) is 3.56. The predicted octanol–water partition coefficient (Wildman–Crippen LogP) is 1.78. The number of nitrogens with two attached hydrogens (primary N) is 1. The van der Waals surface area contributed by atoms with Crippen LogP contribution in [-0.4, -0.2) is 32.6 Å². The maximum atomic E-state index is 12.0. The van der Waals surface area contributed by atoms with E-state index in [2.05, 4.69) is 4.90 Å². The molecule has 1 aliphatic rings. The van der Waals surface area contributed by atoms with Gasteiger partial charge in [0.1, 0.15) is 0 Å². The van der Waals surface area contributed by atoms with Gasteiger partial charge < -0.3 is 15.5 Å². The summed E-state index contributed by atoms with van der Waals surface area (Å²) in [5.74, 6) is -0.0618. The van der Waals surface area contributed by atoms with Crippen LogP contribution in [0.5, 0.6) is 0 Å². The third-order valence-electron chi connectivity index (χ3n) is 3.21. The third kappa shape index (κ3) is 2.31. The number of hydrogen-bond donors (Lipinski definition) is 1. The van der Waals surface area contributed by atoms with Gasteiger partial charge in [0, 0.05) is 20.1 Å². The zero-order chi connectivity index (χ0) is 13.3. The fraction of sp³-hybridized carbons (Fsp3) is 0.462. The van der Waals surface area contributed by atoms with Crippen LogP contribution in [0.15, 0.2) is 12.1 Å².